The number of carbonyl (C=O) groups excluding carboxylic acids is 1. The molecule has 0 aliphatic rings. The summed E-state index contributed by atoms with van der Waals surface area (Å²) in [6, 6.07) is 7.14. The Hall–Kier alpha value is -1.33. The van der Waals surface area contributed by atoms with E-state index in [1.807, 2.05) is 5.38 Å². The smallest absolute Gasteiger partial charge is 0.251 e. The Morgan fingerprint density at radius 3 is 2.76 bits per heavy atom. The van der Waals surface area contributed by atoms with Gasteiger partial charge in [-0.2, -0.15) is 0 Å². The Labute approximate surface area is 109 Å². The third-order valence-electron chi connectivity index (χ3n) is 2.24. The predicted molar refractivity (Wildman–Crippen MR) is 71.8 cm³/mol. The van der Waals surface area contributed by atoms with Gasteiger partial charge in [0.1, 0.15) is 0 Å². The Morgan fingerprint density at radius 1 is 1.35 bits per heavy atom. The summed E-state index contributed by atoms with van der Waals surface area (Å²) in [6.45, 7) is 0.606. The van der Waals surface area contributed by atoms with E-state index < -0.39 is 0 Å². The molecule has 0 fully saturated rings. The summed E-state index contributed by atoms with van der Waals surface area (Å²) in [4.78, 5) is 16.7. The van der Waals surface area contributed by atoms with Gasteiger partial charge in [-0.15, -0.1) is 24.0 Å². The fourth-order valence-corrected chi connectivity index (χ4v) is 2.14. The van der Waals surface area contributed by atoms with Gasteiger partial charge >= 0.3 is 0 Å². The van der Waals surface area contributed by atoms with Gasteiger partial charge in [-0.1, -0.05) is 0 Å². The molecule has 1 heterocycles. The number of amides is 1. The zero-order valence-corrected chi connectivity index (χ0v) is 10.8. The standard InChI is InChI=1S/C12H12N2OS2/c15-12(9-1-3-10(16)4-2-9)14-6-5-11-13-7-8-17-11/h1-4,7-8,16H,5-6H2,(H,14,15). The maximum atomic E-state index is 11.7. The highest BCUT2D eigenvalue weighted by Crippen LogP contribution is 2.08. The van der Waals surface area contributed by atoms with Gasteiger partial charge in [0.15, 0.2) is 0 Å². The number of thiazole rings is 1. The highest BCUT2D eigenvalue weighted by atomic mass is 32.1. The summed E-state index contributed by atoms with van der Waals surface area (Å²) >= 11 is 5.77. The molecule has 0 radical (unpaired) electrons. The van der Waals surface area contributed by atoms with Gasteiger partial charge in [-0.05, 0) is 24.3 Å². The highest BCUT2D eigenvalue weighted by molar-refractivity contribution is 7.80. The van der Waals surface area contributed by atoms with Gasteiger partial charge < -0.3 is 5.32 Å². The Morgan fingerprint density at radius 2 is 2.12 bits per heavy atom. The molecule has 0 aliphatic carbocycles. The lowest BCUT2D eigenvalue weighted by Gasteiger charge is -2.03. The Balaban J connectivity index is 1.83. The number of rotatable bonds is 4. The van der Waals surface area contributed by atoms with Crippen molar-refractivity contribution in [3.05, 3.63) is 46.4 Å². The van der Waals surface area contributed by atoms with Crippen LogP contribution >= 0.6 is 24.0 Å². The van der Waals surface area contributed by atoms with E-state index in [1.54, 1.807) is 41.8 Å². The molecular formula is C12H12N2OS2. The number of thiol groups is 1. The number of nitrogens with one attached hydrogen (secondary N) is 1. The van der Waals surface area contributed by atoms with Crippen LogP contribution in [0.2, 0.25) is 0 Å². The van der Waals surface area contributed by atoms with E-state index in [2.05, 4.69) is 22.9 Å². The third-order valence-corrected chi connectivity index (χ3v) is 3.37. The summed E-state index contributed by atoms with van der Waals surface area (Å²) in [5, 5.41) is 5.83. The molecule has 17 heavy (non-hydrogen) atoms. The van der Waals surface area contributed by atoms with Crippen molar-refractivity contribution >= 4 is 29.9 Å². The molecule has 1 amide bonds. The van der Waals surface area contributed by atoms with Crippen LogP contribution in [-0.4, -0.2) is 17.4 Å². The van der Waals surface area contributed by atoms with Crippen LogP contribution in [0.1, 0.15) is 15.4 Å². The Bertz CT molecular complexity index is 480. The van der Waals surface area contributed by atoms with E-state index in [-0.39, 0.29) is 5.91 Å². The van der Waals surface area contributed by atoms with Crippen LogP contribution in [0.5, 0.6) is 0 Å². The maximum absolute atomic E-state index is 11.7. The largest absolute Gasteiger partial charge is 0.352 e. The van der Waals surface area contributed by atoms with E-state index in [9.17, 15) is 4.79 Å². The van der Waals surface area contributed by atoms with E-state index >= 15 is 0 Å². The molecule has 0 aliphatic heterocycles. The SMILES string of the molecule is O=C(NCCc1nccs1)c1ccc(S)cc1. The number of carbonyl (C=O) groups is 1. The summed E-state index contributed by atoms with van der Waals surface area (Å²) in [5.41, 5.74) is 0.655. The topological polar surface area (TPSA) is 42.0 Å². The fourth-order valence-electron chi connectivity index (χ4n) is 1.37. The average Bonchev–Trinajstić information content (AvgIpc) is 2.83. The quantitative estimate of drug-likeness (QED) is 0.833. The zero-order chi connectivity index (χ0) is 12.1. The molecule has 0 atom stereocenters. The molecule has 0 saturated heterocycles. The lowest BCUT2D eigenvalue weighted by atomic mass is 10.2. The molecule has 0 bridgehead atoms. The van der Waals surface area contributed by atoms with Gasteiger partial charge in [-0.25, -0.2) is 4.98 Å². The summed E-state index contributed by atoms with van der Waals surface area (Å²) in [5.74, 6) is -0.0603. The molecule has 0 saturated carbocycles. The predicted octanol–water partition coefficient (Wildman–Crippen LogP) is 2.40. The molecule has 0 unspecified atom stereocenters. The van der Waals surface area contributed by atoms with Gasteiger partial charge in [0.05, 0.1) is 5.01 Å². The first kappa shape index (κ1) is 12.1. The first-order valence-corrected chi connectivity index (χ1v) is 6.54. The zero-order valence-electron chi connectivity index (χ0n) is 9.09. The second-order valence-corrected chi connectivity index (χ2v) is 4.97. The fraction of sp³-hybridized carbons (Fsp3) is 0.167. The highest BCUT2D eigenvalue weighted by Gasteiger charge is 2.04. The molecule has 88 valence electrons. The number of benzene rings is 1. The molecule has 1 N–H and O–H groups in total. The van der Waals surface area contributed by atoms with Crippen molar-refractivity contribution in [3.63, 3.8) is 0 Å². The second-order valence-electron chi connectivity index (χ2n) is 3.48. The molecule has 2 rings (SSSR count). The minimum atomic E-state index is -0.0603. The molecule has 2 aromatic rings. The lowest BCUT2D eigenvalue weighted by molar-refractivity contribution is 0.0954. The van der Waals surface area contributed by atoms with Crippen molar-refractivity contribution in [2.24, 2.45) is 0 Å². The Kier molecular flexibility index (Phi) is 4.17. The maximum Gasteiger partial charge on any atom is 0.251 e. The van der Waals surface area contributed by atoms with E-state index in [1.165, 1.54) is 0 Å². The van der Waals surface area contributed by atoms with Gasteiger partial charge in [-0.3, -0.25) is 4.79 Å². The lowest BCUT2D eigenvalue weighted by Crippen LogP contribution is -2.25. The van der Waals surface area contributed by atoms with Crippen LogP contribution in [0, 0.1) is 0 Å². The molecule has 3 nitrogen and oxygen atoms in total. The number of aromatic nitrogens is 1. The molecule has 1 aromatic carbocycles. The van der Waals surface area contributed by atoms with Gasteiger partial charge in [0.25, 0.3) is 5.91 Å². The monoisotopic (exact) mass is 264 g/mol. The first-order chi connectivity index (χ1) is 8.25. The van der Waals surface area contributed by atoms with E-state index in [0.29, 0.717) is 12.1 Å². The minimum absolute atomic E-state index is 0.0603. The second kappa shape index (κ2) is 5.84. The third kappa shape index (κ3) is 3.57. The normalized spacial score (nSPS) is 10.2. The van der Waals surface area contributed by atoms with Crippen molar-refractivity contribution in [3.8, 4) is 0 Å². The summed E-state index contributed by atoms with van der Waals surface area (Å²) in [7, 11) is 0. The number of nitrogens with zero attached hydrogens (tertiary/aromatic N) is 1. The van der Waals surface area contributed by atoms with Crippen LogP contribution in [-0.2, 0) is 6.42 Å². The molecule has 0 spiro atoms. The van der Waals surface area contributed by atoms with Crippen molar-refractivity contribution in [2.75, 3.05) is 6.54 Å². The van der Waals surface area contributed by atoms with Crippen LogP contribution < -0.4 is 5.32 Å². The molecule has 5 heteroatoms. The van der Waals surface area contributed by atoms with Gasteiger partial charge in [0, 0.05) is 35.0 Å². The summed E-state index contributed by atoms with van der Waals surface area (Å²) in [6.07, 6.45) is 2.54. The number of hydrogen-bond acceptors (Lipinski definition) is 4. The van der Waals surface area contributed by atoms with Crippen LogP contribution in [0.25, 0.3) is 0 Å². The van der Waals surface area contributed by atoms with Crippen molar-refractivity contribution < 1.29 is 4.79 Å². The molecule has 1 aromatic heterocycles. The van der Waals surface area contributed by atoms with Crippen molar-refractivity contribution in [2.45, 2.75) is 11.3 Å². The van der Waals surface area contributed by atoms with Crippen LogP contribution in [0.15, 0.2) is 40.7 Å². The summed E-state index contributed by atoms with van der Waals surface area (Å²) < 4.78 is 0. The molecular weight excluding hydrogens is 252 g/mol. The minimum Gasteiger partial charge on any atom is -0.352 e. The van der Waals surface area contributed by atoms with E-state index in [0.717, 1.165) is 16.3 Å². The first-order valence-electron chi connectivity index (χ1n) is 5.21. The van der Waals surface area contributed by atoms with Gasteiger partial charge in [0.2, 0.25) is 0 Å². The number of hydrogen-bond donors (Lipinski definition) is 2. The van der Waals surface area contributed by atoms with Crippen molar-refractivity contribution in [1.82, 2.24) is 10.3 Å². The van der Waals surface area contributed by atoms with Crippen LogP contribution in [0.4, 0.5) is 0 Å². The average molecular weight is 264 g/mol. The van der Waals surface area contributed by atoms with E-state index in [4.69, 9.17) is 0 Å². The van der Waals surface area contributed by atoms with Crippen LogP contribution in [0.3, 0.4) is 0 Å². The van der Waals surface area contributed by atoms with Crippen molar-refractivity contribution in [1.29, 1.82) is 0 Å².